The van der Waals surface area contributed by atoms with Crippen LogP contribution in [0.4, 0.5) is 5.69 Å². The van der Waals surface area contributed by atoms with Crippen LogP contribution in [-0.2, 0) is 4.79 Å². The van der Waals surface area contributed by atoms with Crippen LogP contribution < -0.4 is 15.0 Å². The van der Waals surface area contributed by atoms with Gasteiger partial charge >= 0.3 is 0 Å². The van der Waals surface area contributed by atoms with Crippen molar-refractivity contribution in [2.24, 2.45) is 0 Å². The van der Waals surface area contributed by atoms with Gasteiger partial charge in [-0.25, -0.2) is 0 Å². The van der Waals surface area contributed by atoms with Gasteiger partial charge in [-0.1, -0.05) is 12.5 Å². The monoisotopic (exact) mass is 318 g/mol. The lowest BCUT2D eigenvalue weighted by Gasteiger charge is -2.40. The van der Waals surface area contributed by atoms with Gasteiger partial charge in [-0.2, -0.15) is 0 Å². The number of carbonyl (C=O) groups excluding carboxylic acids is 1. The number of piperidine rings is 1. The molecule has 2 aliphatic rings. The summed E-state index contributed by atoms with van der Waals surface area (Å²) in [6.07, 6.45) is 2.70. The van der Waals surface area contributed by atoms with E-state index in [2.05, 4.69) is 5.32 Å². The van der Waals surface area contributed by atoms with Gasteiger partial charge in [0.2, 0.25) is 5.91 Å². The maximum absolute atomic E-state index is 12.0. The largest absolute Gasteiger partial charge is 0.484 e. The molecule has 0 bridgehead atoms. The predicted molar refractivity (Wildman–Crippen MR) is 89.8 cm³/mol. The minimum Gasteiger partial charge on any atom is -0.484 e. The first-order valence-electron chi connectivity index (χ1n) is 8.40. The lowest BCUT2D eigenvalue weighted by molar-refractivity contribution is -0.117. The number of hydrogen-bond acceptors (Lipinski definition) is 4. The van der Waals surface area contributed by atoms with Crippen molar-refractivity contribution in [2.45, 2.75) is 57.8 Å². The second kappa shape index (κ2) is 6.13. The summed E-state index contributed by atoms with van der Waals surface area (Å²) >= 11 is 0. The molecular formula is C18H26N2O3. The predicted octanol–water partition coefficient (Wildman–Crippen LogP) is 2.39. The summed E-state index contributed by atoms with van der Waals surface area (Å²) in [6.45, 7) is 6.97. The first kappa shape index (κ1) is 16.3. The third kappa shape index (κ3) is 3.35. The number of carbonyl (C=O) groups is 1. The molecule has 1 aromatic rings. The number of fused-ring (bicyclic) bond motifs is 1. The molecule has 0 aromatic heterocycles. The molecule has 1 fully saturated rings. The van der Waals surface area contributed by atoms with Crippen LogP contribution in [-0.4, -0.2) is 35.7 Å². The number of hydrogen-bond donors (Lipinski definition) is 2. The Hall–Kier alpha value is -1.59. The molecule has 1 amide bonds. The normalized spacial score (nSPS) is 24.5. The number of aliphatic hydroxyl groups is 1. The third-order valence-corrected chi connectivity index (χ3v) is 4.65. The number of nitrogens with zero attached hydrogens (tertiary/aromatic N) is 1. The van der Waals surface area contributed by atoms with Crippen LogP contribution >= 0.6 is 0 Å². The number of nitrogens with one attached hydrogen (secondary N) is 1. The van der Waals surface area contributed by atoms with Gasteiger partial charge < -0.3 is 20.1 Å². The van der Waals surface area contributed by atoms with Crippen molar-refractivity contribution < 1.29 is 14.6 Å². The van der Waals surface area contributed by atoms with Crippen molar-refractivity contribution in [1.82, 2.24) is 5.32 Å². The SMILES string of the molecule is CC(=O)N1CC(C)(C)Oc2ccc(C(O)C3CCCCN3)cc21. The van der Waals surface area contributed by atoms with Crippen LogP contribution in [0, 0.1) is 0 Å². The quantitative estimate of drug-likeness (QED) is 0.879. The summed E-state index contributed by atoms with van der Waals surface area (Å²) in [6, 6.07) is 5.74. The molecule has 0 saturated carbocycles. The summed E-state index contributed by atoms with van der Waals surface area (Å²) < 4.78 is 5.99. The molecule has 2 heterocycles. The first-order chi connectivity index (χ1) is 10.9. The zero-order chi connectivity index (χ0) is 16.6. The fourth-order valence-electron chi connectivity index (χ4n) is 3.47. The number of ether oxygens (including phenoxy) is 1. The third-order valence-electron chi connectivity index (χ3n) is 4.65. The Bertz CT molecular complexity index is 594. The van der Waals surface area contributed by atoms with Gasteiger partial charge in [0.25, 0.3) is 0 Å². The average molecular weight is 318 g/mol. The highest BCUT2D eigenvalue weighted by Gasteiger charge is 2.34. The van der Waals surface area contributed by atoms with E-state index in [-0.39, 0.29) is 11.9 Å². The molecule has 2 aliphatic heterocycles. The second-order valence-electron chi connectivity index (χ2n) is 7.20. The van der Waals surface area contributed by atoms with Crippen LogP contribution in [0.2, 0.25) is 0 Å². The van der Waals surface area contributed by atoms with Gasteiger partial charge in [0.05, 0.1) is 18.3 Å². The molecule has 2 N–H and O–H groups in total. The summed E-state index contributed by atoms with van der Waals surface area (Å²) in [5.41, 5.74) is 1.17. The molecule has 126 valence electrons. The van der Waals surface area contributed by atoms with Crippen molar-refractivity contribution in [2.75, 3.05) is 18.0 Å². The van der Waals surface area contributed by atoms with Crippen molar-refractivity contribution in [3.63, 3.8) is 0 Å². The van der Waals surface area contributed by atoms with E-state index in [4.69, 9.17) is 4.74 Å². The van der Waals surface area contributed by atoms with E-state index in [1.54, 1.807) is 11.8 Å². The molecule has 5 nitrogen and oxygen atoms in total. The van der Waals surface area contributed by atoms with Gasteiger partial charge in [0, 0.05) is 13.0 Å². The molecule has 0 radical (unpaired) electrons. The Morgan fingerprint density at radius 2 is 2.22 bits per heavy atom. The summed E-state index contributed by atoms with van der Waals surface area (Å²) in [5, 5.41) is 14.1. The van der Waals surface area contributed by atoms with E-state index >= 15 is 0 Å². The minimum atomic E-state index is -0.565. The lowest BCUT2D eigenvalue weighted by Crippen LogP contribution is -2.48. The number of amides is 1. The van der Waals surface area contributed by atoms with Crippen molar-refractivity contribution in [3.8, 4) is 5.75 Å². The Labute approximate surface area is 137 Å². The molecule has 2 unspecified atom stereocenters. The Kier molecular flexibility index (Phi) is 4.34. The number of aliphatic hydroxyl groups excluding tert-OH is 1. The average Bonchev–Trinajstić information content (AvgIpc) is 2.53. The molecule has 0 spiro atoms. The van der Waals surface area contributed by atoms with Crippen LogP contribution in [0.5, 0.6) is 5.75 Å². The number of rotatable bonds is 2. The Balaban J connectivity index is 1.91. The second-order valence-corrected chi connectivity index (χ2v) is 7.20. The van der Waals surface area contributed by atoms with E-state index in [0.717, 1.165) is 37.1 Å². The molecule has 23 heavy (non-hydrogen) atoms. The van der Waals surface area contributed by atoms with Gasteiger partial charge in [-0.15, -0.1) is 0 Å². The van der Waals surface area contributed by atoms with E-state index in [9.17, 15) is 9.90 Å². The molecule has 3 rings (SSSR count). The summed E-state index contributed by atoms with van der Waals surface area (Å²) in [7, 11) is 0. The van der Waals surface area contributed by atoms with Crippen LogP contribution in [0.1, 0.15) is 51.7 Å². The summed E-state index contributed by atoms with van der Waals surface area (Å²) in [4.78, 5) is 13.8. The minimum absolute atomic E-state index is 0.00921. The number of benzene rings is 1. The maximum atomic E-state index is 12.0. The van der Waals surface area contributed by atoms with Gasteiger partial charge in [-0.3, -0.25) is 4.79 Å². The van der Waals surface area contributed by atoms with Crippen molar-refractivity contribution in [3.05, 3.63) is 23.8 Å². The molecule has 1 aromatic carbocycles. The smallest absolute Gasteiger partial charge is 0.224 e. The topological polar surface area (TPSA) is 61.8 Å². The zero-order valence-corrected chi connectivity index (χ0v) is 14.1. The van der Waals surface area contributed by atoms with Gasteiger partial charge in [0.1, 0.15) is 11.4 Å². The lowest BCUT2D eigenvalue weighted by atomic mass is 9.94. The molecule has 0 aliphatic carbocycles. The van der Waals surface area contributed by atoms with Crippen LogP contribution in [0.15, 0.2) is 18.2 Å². The molecule has 5 heteroatoms. The van der Waals surface area contributed by atoms with E-state index in [1.807, 2.05) is 32.0 Å². The van der Waals surface area contributed by atoms with E-state index in [1.165, 1.54) is 0 Å². The van der Waals surface area contributed by atoms with Gasteiger partial charge in [-0.05, 0) is 50.9 Å². The van der Waals surface area contributed by atoms with Crippen LogP contribution in [0.3, 0.4) is 0 Å². The highest BCUT2D eigenvalue weighted by atomic mass is 16.5. The highest BCUT2D eigenvalue weighted by molar-refractivity contribution is 5.94. The van der Waals surface area contributed by atoms with E-state index in [0.29, 0.717) is 12.3 Å². The van der Waals surface area contributed by atoms with E-state index < -0.39 is 11.7 Å². The Morgan fingerprint density at radius 3 is 2.87 bits per heavy atom. The first-order valence-corrected chi connectivity index (χ1v) is 8.40. The molecule has 1 saturated heterocycles. The Morgan fingerprint density at radius 1 is 1.43 bits per heavy atom. The highest BCUT2D eigenvalue weighted by Crippen LogP contribution is 2.39. The van der Waals surface area contributed by atoms with Crippen molar-refractivity contribution >= 4 is 11.6 Å². The van der Waals surface area contributed by atoms with Crippen molar-refractivity contribution in [1.29, 1.82) is 0 Å². The molecular weight excluding hydrogens is 292 g/mol. The fraction of sp³-hybridized carbons (Fsp3) is 0.611. The fourth-order valence-corrected chi connectivity index (χ4v) is 3.47. The maximum Gasteiger partial charge on any atom is 0.224 e. The zero-order valence-electron chi connectivity index (χ0n) is 14.1. The van der Waals surface area contributed by atoms with Gasteiger partial charge in [0.15, 0.2) is 0 Å². The number of anilines is 1. The molecule has 2 atom stereocenters. The summed E-state index contributed by atoms with van der Waals surface area (Å²) in [5.74, 6) is 0.689. The van der Waals surface area contributed by atoms with Crippen LogP contribution in [0.25, 0.3) is 0 Å². The standard InChI is InChI=1S/C18H26N2O3/c1-12(21)20-11-18(2,3)23-16-8-7-13(10-15(16)20)17(22)14-6-4-5-9-19-14/h7-8,10,14,17,19,22H,4-6,9,11H2,1-3H3.